The van der Waals surface area contributed by atoms with Crippen molar-refractivity contribution in [2.45, 2.75) is 18.9 Å². The van der Waals surface area contributed by atoms with Crippen LogP contribution in [-0.4, -0.2) is 42.1 Å². The minimum atomic E-state index is 0.714. The largest absolute Gasteiger partial charge is 0.345 e. The minimum absolute atomic E-state index is 0.714. The molecule has 1 aromatic carbocycles. The van der Waals surface area contributed by atoms with Crippen LogP contribution in [0.4, 0.5) is 5.13 Å². The van der Waals surface area contributed by atoms with Gasteiger partial charge in [-0.1, -0.05) is 11.3 Å². The average Bonchev–Trinajstić information content (AvgIpc) is 3.26. The van der Waals surface area contributed by atoms with Gasteiger partial charge in [0.1, 0.15) is 0 Å². The molecule has 1 aliphatic heterocycles. The van der Waals surface area contributed by atoms with Gasteiger partial charge in [-0.2, -0.15) is 5.26 Å². The normalized spacial score (nSPS) is 20.2. The molecule has 0 amide bonds. The fourth-order valence-electron chi connectivity index (χ4n) is 2.84. The first kappa shape index (κ1) is 12.1. The molecule has 0 atom stereocenters. The van der Waals surface area contributed by atoms with Crippen molar-refractivity contribution in [3.05, 3.63) is 23.8 Å². The second-order valence-electron chi connectivity index (χ2n) is 5.54. The summed E-state index contributed by atoms with van der Waals surface area (Å²) in [7, 11) is 0. The van der Waals surface area contributed by atoms with Crippen molar-refractivity contribution in [2.24, 2.45) is 0 Å². The molecule has 4 rings (SSSR count). The fourth-order valence-corrected chi connectivity index (χ4v) is 3.89. The van der Waals surface area contributed by atoms with E-state index in [2.05, 4.69) is 15.9 Å². The predicted octanol–water partition coefficient (Wildman–Crippen LogP) is 2.45. The van der Waals surface area contributed by atoms with Gasteiger partial charge >= 0.3 is 0 Å². The van der Waals surface area contributed by atoms with Crippen LogP contribution in [0.25, 0.3) is 10.2 Å². The van der Waals surface area contributed by atoms with Gasteiger partial charge in [-0.3, -0.25) is 4.90 Å². The summed E-state index contributed by atoms with van der Waals surface area (Å²) in [5.74, 6) is 0. The van der Waals surface area contributed by atoms with Crippen molar-refractivity contribution in [1.82, 2.24) is 9.88 Å². The fraction of sp³-hybridized carbons (Fsp3) is 0.467. The molecule has 1 aliphatic carbocycles. The van der Waals surface area contributed by atoms with Crippen LogP contribution in [-0.2, 0) is 0 Å². The van der Waals surface area contributed by atoms with E-state index >= 15 is 0 Å². The highest BCUT2D eigenvalue weighted by Gasteiger charge is 2.31. The van der Waals surface area contributed by atoms with Crippen LogP contribution in [0.15, 0.2) is 18.2 Å². The maximum absolute atomic E-state index is 8.96. The molecule has 4 nitrogen and oxygen atoms in total. The van der Waals surface area contributed by atoms with Crippen molar-refractivity contribution in [1.29, 1.82) is 5.26 Å². The molecular weight excluding hydrogens is 268 g/mol. The molecule has 20 heavy (non-hydrogen) atoms. The number of hydrogen-bond donors (Lipinski definition) is 0. The van der Waals surface area contributed by atoms with Gasteiger partial charge < -0.3 is 4.90 Å². The van der Waals surface area contributed by atoms with Crippen LogP contribution in [0.5, 0.6) is 0 Å². The van der Waals surface area contributed by atoms with Gasteiger partial charge in [0.25, 0.3) is 0 Å². The molecule has 0 unspecified atom stereocenters. The Hall–Kier alpha value is -1.64. The summed E-state index contributed by atoms with van der Waals surface area (Å²) < 4.78 is 1.11. The van der Waals surface area contributed by atoms with Gasteiger partial charge in [0.05, 0.1) is 21.8 Å². The van der Waals surface area contributed by atoms with E-state index < -0.39 is 0 Å². The Morgan fingerprint density at radius 1 is 1.20 bits per heavy atom. The number of aromatic nitrogens is 1. The second-order valence-corrected chi connectivity index (χ2v) is 6.55. The monoisotopic (exact) mass is 284 g/mol. The molecule has 2 heterocycles. The molecule has 0 bridgehead atoms. The van der Waals surface area contributed by atoms with Crippen molar-refractivity contribution in [2.75, 3.05) is 31.1 Å². The summed E-state index contributed by atoms with van der Waals surface area (Å²) in [6.45, 7) is 4.46. The smallest absolute Gasteiger partial charge is 0.186 e. The molecule has 2 fully saturated rings. The first-order chi connectivity index (χ1) is 9.83. The van der Waals surface area contributed by atoms with Crippen LogP contribution < -0.4 is 4.90 Å². The third kappa shape index (κ3) is 2.15. The summed E-state index contributed by atoms with van der Waals surface area (Å²) >= 11 is 1.70. The maximum atomic E-state index is 8.96. The topological polar surface area (TPSA) is 43.2 Å². The predicted molar refractivity (Wildman–Crippen MR) is 81.1 cm³/mol. The molecule has 1 saturated heterocycles. The van der Waals surface area contributed by atoms with Gasteiger partial charge in [0.2, 0.25) is 0 Å². The number of nitriles is 1. The van der Waals surface area contributed by atoms with E-state index in [1.807, 2.05) is 18.2 Å². The number of nitrogens with zero attached hydrogens (tertiary/aromatic N) is 4. The molecule has 0 N–H and O–H groups in total. The maximum Gasteiger partial charge on any atom is 0.186 e. The Balaban J connectivity index is 1.55. The zero-order chi connectivity index (χ0) is 13.5. The summed E-state index contributed by atoms with van der Waals surface area (Å²) in [4.78, 5) is 9.71. The molecule has 2 aliphatic rings. The molecule has 0 spiro atoms. The lowest BCUT2D eigenvalue weighted by molar-refractivity contribution is 0.248. The Bertz CT molecular complexity index is 675. The van der Waals surface area contributed by atoms with E-state index in [9.17, 15) is 0 Å². The Morgan fingerprint density at radius 3 is 2.70 bits per heavy atom. The Morgan fingerprint density at radius 2 is 2.00 bits per heavy atom. The van der Waals surface area contributed by atoms with E-state index in [4.69, 9.17) is 10.2 Å². The summed E-state index contributed by atoms with van der Waals surface area (Å²) in [6.07, 6.45) is 2.77. The quantitative estimate of drug-likeness (QED) is 0.849. The van der Waals surface area contributed by atoms with Gasteiger partial charge in [-0.15, -0.1) is 0 Å². The van der Waals surface area contributed by atoms with Crippen molar-refractivity contribution in [3.63, 3.8) is 0 Å². The van der Waals surface area contributed by atoms with Gasteiger partial charge in [-0.05, 0) is 31.0 Å². The zero-order valence-corrected chi connectivity index (χ0v) is 12.1. The van der Waals surface area contributed by atoms with Gasteiger partial charge in [-0.25, -0.2) is 4.98 Å². The lowest BCUT2D eigenvalue weighted by atomic mass is 10.2. The molecule has 1 aromatic heterocycles. The van der Waals surface area contributed by atoms with Crippen LogP contribution in [0, 0.1) is 11.3 Å². The number of anilines is 1. The van der Waals surface area contributed by atoms with Crippen LogP contribution >= 0.6 is 11.3 Å². The first-order valence-corrected chi connectivity index (χ1v) is 7.95. The number of fused-ring (bicyclic) bond motifs is 1. The van der Waals surface area contributed by atoms with Gasteiger partial charge in [0, 0.05) is 32.2 Å². The highest BCUT2D eigenvalue weighted by atomic mass is 32.1. The van der Waals surface area contributed by atoms with E-state index in [0.717, 1.165) is 47.6 Å². The summed E-state index contributed by atoms with van der Waals surface area (Å²) in [5, 5.41) is 10.1. The number of hydrogen-bond acceptors (Lipinski definition) is 5. The van der Waals surface area contributed by atoms with Crippen LogP contribution in [0.1, 0.15) is 18.4 Å². The third-order valence-corrected chi connectivity index (χ3v) is 5.23. The molecule has 2 aromatic rings. The molecule has 5 heteroatoms. The second kappa shape index (κ2) is 4.72. The number of piperazine rings is 1. The van der Waals surface area contributed by atoms with Crippen molar-refractivity contribution < 1.29 is 0 Å². The molecule has 0 radical (unpaired) electrons. The molecule has 102 valence electrons. The SMILES string of the molecule is N#Cc1ccc2nc(N3CCN(C4CC4)CC3)sc2c1. The summed E-state index contributed by atoms with van der Waals surface area (Å²) in [6, 6.07) is 8.80. The number of rotatable bonds is 2. The summed E-state index contributed by atoms with van der Waals surface area (Å²) in [5.41, 5.74) is 1.72. The van der Waals surface area contributed by atoms with Crippen LogP contribution in [0.2, 0.25) is 0 Å². The van der Waals surface area contributed by atoms with Gasteiger partial charge in [0.15, 0.2) is 5.13 Å². The lowest BCUT2D eigenvalue weighted by Crippen LogP contribution is -2.47. The van der Waals surface area contributed by atoms with E-state index in [1.165, 1.54) is 12.8 Å². The molecule has 1 saturated carbocycles. The van der Waals surface area contributed by atoms with E-state index in [-0.39, 0.29) is 0 Å². The third-order valence-electron chi connectivity index (χ3n) is 4.15. The van der Waals surface area contributed by atoms with Crippen molar-refractivity contribution >= 4 is 26.7 Å². The van der Waals surface area contributed by atoms with E-state index in [0.29, 0.717) is 5.56 Å². The molecular formula is C15H16N4S. The Kier molecular flexibility index (Phi) is 2.86. The van der Waals surface area contributed by atoms with E-state index in [1.54, 1.807) is 11.3 Å². The van der Waals surface area contributed by atoms with Crippen molar-refractivity contribution in [3.8, 4) is 6.07 Å². The zero-order valence-electron chi connectivity index (χ0n) is 11.2. The number of benzene rings is 1. The minimum Gasteiger partial charge on any atom is -0.345 e. The van der Waals surface area contributed by atoms with Crippen LogP contribution in [0.3, 0.4) is 0 Å². The first-order valence-electron chi connectivity index (χ1n) is 7.13. The number of thiazole rings is 1. The lowest BCUT2D eigenvalue weighted by Gasteiger charge is -2.34. The highest BCUT2D eigenvalue weighted by Crippen LogP contribution is 2.32. The standard InChI is InChI=1S/C15H16N4S/c16-10-11-1-4-13-14(9-11)20-15(17-13)19-7-5-18(6-8-19)12-2-3-12/h1,4,9,12H,2-3,5-8H2. The Labute approximate surface area is 122 Å². The highest BCUT2D eigenvalue weighted by molar-refractivity contribution is 7.22. The average molecular weight is 284 g/mol.